The van der Waals surface area contributed by atoms with Crippen molar-refractivity contribution in [3.63, 3.8) is 0 Å². The van der Waals surface area contributed by atoms with Crippen LogP contribution in [0.15, 0.2) is 24.3 Å². The zero-order valence-corrected chi connectivity index (χ0v) is 11.2. The zero-order chi connectivity index (χ0) is 13.4. The fourth-order valence-corrected chi connectivity index (χ4v) is 1.93. The first-order chi connectivity index (χ1) is 8.67. The van der Waals surface area contributed by atoms with Gasteiger partial charge in [0.05, 0.1) is 4.92 Å². The van der Waals surface area contributed by atoms with E-state index in [1.807, 2.05) is 6.07 Å². The number of hydrogen-bond acceptors (Lipinski definition) is 3. The van der Waals surface area contributed by atoms with Gasteiger partial charge in [0.25, 0.3) is 5.69 Å². The van der Waals surface area contributed by atoms with Crippen LogP contribution in [0.4, 0.5) is 11.4 Å². The molecule has 0 saturated heterocycles. The summed E-state index contributed by atoms with van der Waals surface area (Å²) >= 11 is 0. The van der Waals surface area contributed by atoms with Crippen LogP contribution >= 0.6 is 0 Å². The molecule has 4 heteroatoms. The van der Waals surface area contributed by atoms with Crippen LogP contribution in [0, 0.1) is 16.0 Å². The van der Waals surface area contributed by atoms with E-state index >= 15 is 0 Å². The summed E-state index contributed by atoms with van der Waals surface area (Å²) in [5.41, 5.74) is 0.973. The van der Waals surface area contributed by atoms with Crippen molar-refractivity contribution in [3.8, 4) is 0 Å². The summed E-state index contributed by atoms with van der Waals surface area (Å²) in [6, 6.07) is 6.69. The van der Waals surface area contributed by atoms with Crippen LogP contribution in [-0.4, -0.2) is 11.5 Å². The minimum atomic E-state index is -0.362. The number of unbranched alkanes of at least 4 members (excludes halogenated alkanes) is 1. The van der Waals surface area contributed by atoms with E-state index in [2.05, 4.69) is 19.2 Å². The van der Waals surface area contributed by atoms with Gasteiger partial charge in [-0.2, -0.15) is 0 Å². The number of non-ortho nitro benzene ring substituents is 1. The number of nitro benzene ring substituents is 1. The monoisotopic (exact) mass is 250 g/mol. The lowest BCUT2D eigenvalue weighted by Crippen LogP contribution is -2.13. The highest BCUT2D eigenvalue weighted by atomic mass is 16.6. The molecular formula is C14H22N2O2. The Hall–Kier alpha value is -1.58. The summed E-state index contributed by atoms with van der Waals surface area (Å²) in [5.74, 6) is 0.643. The third-order valence-electron chi connectivity index (χ3n) is 3.20. The fraction of sp³-hybridized carbons (Fsp3) is 0.571. The Labute approximate surface area is 109 Å². The smallest absolute Gasteiger partial charge is 0.271 e. The molecule has 18 heavy (non-hydrogen) atoms. The van der Waals surface area contributed by atoms with Gasteiger partial charge >= 0.3 is 0 Å². The first kappa shape index (κ1) is 14.5. The SMILES string of the molecule is CCCCC(CC)CNc1cccc([N+](=O)[O-])c1. The van der Waals surface area contributed by atoms with Crippen molar-refractivity contribution in [3.05, 3.63) is 34.4 Å². The van der Waals surface area contributed by atoms with Crippen LogP contribution in [0.2, 0.25) is 0 Å². The Morgan fingerprint density at radius 1 is 1.39 bits per heavy atom. The molecule has 1 rings (SSSR count). The first-order valence-electron chi connectivity index (χ1n) is 6.65. The van der Waals surface area contributed by atoms with Gasteiger partial charge in [0.1, 0.15) is 0 Å². The second-order valence-corrected chi connectivity index (χ2v) is 4.60. The molecule has 0 aliphatic carbocycles. The predicted molar refractivity (Wildman–Crippen MR) is 74.9 cm³/mol. The van der Waals surface area contributed by atoms with Gasteiger partial charge in [-0.3, -0.25) is 10.1 Å². The van der Waals surface area contributed by atoms with Crippen LogP contribution < -0.4 is 5.32 Å². The second-order valence-electron chi connectivity index (χ2n) is 4.60. The van der Waals surface area contributed by atoms with Gasteiger partial charge in [-0.05, 0) is 18.4 Å². The fourth-order valence-electron chi connectivity index (χ4n) is 1.93. The molecule has 0 aromatic heterocycles. The average molecular weight is 250 g/mol. The standard InChI is InChI=1S/C14H22N2O2/c1-3-5-7-12(4-2)11-15-13-8-6-9-14(10-13)16(17)18/h6,8-10,12,15H,3-5,7,11H2,1-2H3. The normalized spacial score (nSPS) is 12.1. The number of hydrogen-bond donors (Lipinski definition) is 1. The van der Waals surface area contributed by atoms with Crippen LogP contribution in [0.5, 0.6) is 0 Å². The van der Waals surface area contributed by atoms with Crippen LogP contribution in [0.25, 0.3) is 0 Å². The van der Waals surface area contributed by atoms with Crippen molar-refractivity contribution in [2.75, 3.05) is 11.9 Å². The zero-order valence-electron chi connectivity index (χ0n) is 11.2. The number of anilines is 1. The van der Waals surface area contributed by atoms with Gasteiger partial charge < -0.3 is 5.32 Å². The predicted octanol–water partition coefficient (Wildman–Crippen LogP) is 4.22. The van der Waals surface area contributed by atoms with E-state index in [1.54, 1.807) is 12.1 Å². The van der Waals surface area contributed by atoms with E-state index in [0.29, 0.717) is 5.92 Å². The van der Waals surface area contributed by atoms with Gasteiger partial charge in [-0.25, -0.2) is 0 Å². The molecule has 0 saturated carbocycles. The molecule has 0 heterocycles. The van der Waals surface area contributed by atoms with Gasteiger partial charge in [0, 0.05) is 24.4 Å². The van der Waals surface area contributed by atoms with Gasteiger partial charge in [-0.15, -0.1) is 0 Å². The third-order valence-corrected chi connectivity index (χ3v) is 3.20. The Balaban J connectivity index is 2.51. The average Bonchev–Trinajstić information content (AvgIpc) is 2.39. The van der Waals surface area contributed by atoms with E-state index in [4.69, 9.17) is 0 Å². The molecule has 100 valence electrons. The molecule has 0 fully saturated rings. The highest BCUT2D eigenvalue weighted by Crippen LogP contribution is 2.19. The molecule has 0 amide bonds. The second kappa shape index (κ2) is 7.69. The van der Waals surface area contributed by atoms with Crippen molar-refractivity contribution >= 4 is 11.4 Å². The van der Waals surface area contributed by atoms with Crippen LogP contribution in [0.1, 0.15) is 39.5 Å². The molecule has 1 atom stereocenters. The first-order valence-corrected chi connectivity index (χ1v) is 6.65. The molecule has 1 unspecified atom stereocenters. The maximum atomic E-state index is 10.7. The summed E-state index contributed by atoms with van der Waals surface area (Å²) in [4.78, 5) is 10.3. The maximum Gasteiger partial charge on any atom is 0.271 e. The topological polar surface area (TPSA) is 55.2 Å². The van der Waals surface area contributed by atoms with E-state index in [0.717, 1.165) is 18.7 Å². The van der Waals surface area contributed by atoms with Gasteiger partial charge in [-0.1, -0.05) is 39.2 Å². The molecule has 0 aliphatic heterocycles. The van der Waals surface area contributed by atoms with E-state index in [9.17, 15) is 10.1 Å². The molecule has 4 nitrogen and oxygen atoms in total. The quantitative estimate of drug-likeness (QED) is 0.555. The molecule has 1 N–H and O–H groups in total. The Bertz CT molecular complexity index is 380. The summed E-state index contributed by atoms with van der Waals surface area (Å²) < 4.78 is 0. The molecule has 1 aromatic carbocycles. The summed E-state index contributed by atoms with van der Waals surface area (Å²) in [6.07, 6.45) is 4.82. The van der Waals surface area contributed by atoms with Crippen molar-refractivity contribution in [1.82, 2.24) is 0 Å². The lowest BCUT2D eigenvalue weighted by Gasteiger charge is -2.16. The maximum absolute atomic E-state index is 10.7. The molecular weight excluding hydrogens is 228 g/mol. The number of nitro groups is 1. The molecule has 0 radical (unpaired) electrons. The van der Waals surface area contributed by atoms with Gasteiger partial charge in [0.2, 0.25) is 0 Å². The van der Waals surface area contributed by atoms with E-state index in [1.165, 1.54) is 25.3 Å². The van der Waals surface area contributed by atoms with Crippen molar-refractivity contribution in [2.45, 2.75) is 39.5 Å². The molecule has 0 aliphatic rings. The third kappa shape index (κ3) is 4.73. The van der Waals surface area contributed by atoms with Gasteiger partial charge in [0.15, 0.2) is 0 Å². The summed E-state index contributed by atoms with van der Waals surface area (Å²) in [7, 11) is 0. The van der Waals surface area contributed by atoms with Crippen molar-refractivity contribution < 1.29 is 4.92 Å². The van der Waals surface area contributed by atoms with Crippen molar-refractivity contribution in [2.24, 2.45) is 5.92 Å². The minimum absolute atomic E-state index is 0.140. The van der Waals surface area contributed by atoms with Crippen molar-refractivity contribution in [1.29, 1.82) is 0 Å². The molecule has 1 aromatic rings. The van der Waals surface area contributed by atoms with E-state index in [-0.39, 0.29) is 10.6 Å². The highest BCUT2D eigenvalue weighted by molar-refractivity contribution is 5.50. The van der Waals surface area contributed by atoms with E-state index < -0.39 is 0 Å². The lowest BCUT2D eigenvalue weighted by molar-refractivity contribution is -0.384. The minimum Gasteiger partial charge on any atom is -0.385 e. The summed E-state index contributed by atoms with van der Waals surface area (Å²) in [5, 5.41) is 14.0. The summed E-state index contributed by atoms with van der Waals surface area (Å²) in [6.45, 7) is 5.27. The highest BCUT2D eigenvalue weighted by Gasteiger charge is 2.08. The lowest BCUT2D eigenvalue weighted by atomic mass is 9.99. The largest absolute Gasteiger partial charge is 0.385 e. The molecule has 0 spiro atoms. The number of benzene rings is 1. The Morgan fingerprint density at radius 2 is 2.17 bits per heavy atom. The molecule has 0 bridgehead atoms. The number of nitrogens with zero attached hydrogens (tertiary/aromatic N) is 1. The number of rotatable bonds is 8. The van der Waals surface area contributed by atoms with Crippen LogP contribution in [0.3, 0.4) is 0 Å². The Morgan fingerprint density at radius 3 is 2.78 bits per heavy atom. The van der Waals surface area contributed by atoms with Crippen LogP contribution in [-0.2, 0) is 0 Å². The number of nitrogens with one attached hydrogen (secondary N) is 1. The Kier molecular flexibility index (Phi) is 6.19.